The molecule has 0 aromatic heterocycles. The average Bonchev–Trinajstić information content (AvgIpc) is 3.00. The molecule has 3 aromatic rings. The SMILES string of the molecule is COCCCC1Oc2cc(CCCO)c(OC)cc2C(O)C1C1COc2c(Cc3cccc(O)c3)cc(OC)cc2C1O. The Bertz CT molecular complexity index is 1390. The highest BCUT2D eigenvalue weighted by Gasteiger charge is 2.47. The molecule has 9 heteroatoms. The summed E-state index contributed by atoms with van der Waals surface area (Å²) in [6, 6.07) is 14.4. The van der Waals surface area contributed by atoms with Crippen LogP contribution in [0.4, 0.5) is 0 Å². The number of phenolic OH excluding ortho intramolecular Hbond substituents is 1. The summed E-state index contributed by atoms with van der Waals surface area (Å²) in [5.41, 5.74) is 3.83. The molecule has 0 fully saturated rings. The Morgan fingerprint density at radius 3 is 2.47 bits per heavy atom. The van der Waals surface area contributed by atoms with Crippen molar-refractivity contribution in [2.45, 2.75) is 50.4 Å². The minimum Gasteiger partial charge on any atom is -0.508 e. The lowest BCUT2D eigenvalue weighted by Gasteiger charge is -2.45. The zero-order valence-electron chi connectivity index (χ0n) is 25.0. The first kappa shape index (κ1) is 30.9. The Labute approximate surface area is 252 Å². The number of hydrogen-bond acceptors (Lipinski definition) is 9. The smallest absolute Gasteiger partial charge is 0.128 e. The van der Waals surface area contributed by atoms with Gasteiger partial charge in [0.05, 0.1) is 33.0 Å². The second-order valence-corrected chi connectivity index (χ2v) is 11.3. The molecule has 5 unspecified atom stereocenters. The Hall–Kier alpha value is -3.50. The van der Waals surface area contributed by atoms with Gasteiger partial charge in [-0.05, 0) is 73.2 Å². The second-order valence-electron chi connectivity index (χ2n) is 11.3. The number of phenols is 1. The van der Waals surface area contributed by atoms with Crippen LogP contribution in [-0.2, 0) is 17.6 Å². The van der Waals surface area contributed by atoms with Crippen LogP contribution in [0.3, 0.4) is 0 Å². The van der Waals surface area contributed by atoms with Gasteiger partial charge in [-0.2, -0.15) is 0 Å². The fourth-order valence-electron chi connectivity index (χ4n) is 6.49. The Morgan fingerprint density at radius 2 is 1.74 bits per heavy atom. The minimum atomic E-state index is -0.956. The Kier molecular flexibility index (Phi) is 9.97. The fourth-order valence-corrected chi connectivity index (χ4v) is 6.49. The highest BCUT2D eigenvalue weighted by atomic mass is 16.5. The molecule has 0 bridgehead atoms. The summed E-state index contributed by atoms with van der Waals surface area (Å²) >= 11 is 0. The van der Waals surface area contributed by atoms with Gasteiger partial charge in [0.2, 0.25) is 0 Å². The average molecular weight is 595 g/mol. The first-order valence-corrected chi connectivity index (χ1v) is 14.8. The van der Waals surface area contributed by atoms with Crippen molar-refractivity contribution in [1.29, 1.82) is 0 Å². The molecule has 3 aromatic carbocycles. The number of aryl methyl sites for hydroxylation is 1. The zero-order chi connectivity index (χ0) is 30.5. The van der Waals surface area contributed by atoms with Crippen LogP contribution in [0.1, 0.15) is 59.3 Å². The molecule has 232 valence electrons. The number of rotatable bonds is 12. The number of hydrogen-bond donors (Lipinski definition) is 4. The summed E-state index contributed by atoms with van der Waals surface area (Å²) in [6.45, 7) is 0.787. The van der Waals surface area contributed by atoms with Gasteiger partial charge in [0.25, 0.3) is 0 Å². The third-order valence-corrected chi connectivity index (χ3v) is 8.59. The fraction of sp³-hybridized carbons (Fsp3) is 0.471. The quantitative estimate of drug-likeness (QED) is 0.224. The van der Waals surface area contributed by atoms with Crippen LogP contribution < -0.4 is 18.9 Å². The number of fused-ring (bicyclic) bond motifs is 2. The van der Waals surface area contributed by atoms with E-state index in [0.717, 1.165) is 23.1 Å². The molecule has 0 saturated carbocycles. The second kappa shape index (κ2) is 13.9. The summed E-state index contributed by atoms with van der Waals surface area (Å²) in [5, 5.41) is 43.2. The van der Waals surface area contributed by atoms with Gasteiger partial charge in [0.15, 0.2) is 0 Å². The molecule has 0 aliphatic carbocycles. The number of methoxy groups -OCH3 is 3. The van der Waals surface area contributed by atoms with E-state index in [4.69, 9.17) is 23.7 Å². The highest BCUT2D eigenvalue weighted by molar-refractivity contribution is 5.53. The molecule has 43 heavy (non-hydrogen) atoms. The summed E-state index contributed by atoms with van der Waals surface area (Å²) < 4.78 is 29.5. The summed E-state index contributed by atoms with van der Waals surface area (Å²) in [5.74, 6) is 1.59. The third-order valence-electron chi connectivity index (χ3n) is 8.59. The van der Waals surface area contributed by atoms with E-state index in [-0.39, 0.29) is 19.0 Å². The maximum atomic E-state index is 11.9. The summed E-state index contributed by atoms with van der Waals surface area (Å²) in [6.07, 6.45) is 0.702. The molecule has 0 radical (unpaired) electrons. The van der Waals surface area contributed by atoms with E-state index in [2.05, 4.69) is 0 Å². The van der Waals surface area contributed by atoms with Gasteiger partial charge >= 0.3 is 0 Å². The van der Waals surface area contributed by atoms with E-state index in [9.17, 15) is 20.4 Å². The maximum absolute atomic E-state index is 11.9. The highest BCUT2D eigenvalue weighted by Crippen LogP contribution is 2.51. The number of aliphatic hydroxyl groups is 3. The molecule has 0 amide bonds. The van der Waals surface area contributed by atoms with Crippen LogP contribution in [0.25, 0.3) is 0 Å². The van der Waals surface area contributed by atoms with Crippen LogP contribution in [0.2, 0.25) is 0 Å². The molecule has 9 nitrogen and oxygen atoms in total. The van der Waals surface area contributed by atoms with Gasteiger partial charge in [-0.25, -0.2) is 0 Å². The monoisotopic (exact) mass is 594 g/mol. The van der Waals surface area contributed by atoms with Gasteiger partial charge in [0, 0.05) is 55.3 Å². The largest absolute Gasteiger partial charge is 0.508 e. The van der Waals surface area contributed by atoms with E-state index in [1.165, 1.54) is 0 Å². The molecule has 0 spiro atoms. The number of aromatic hydroxyl groups is 1. The first-order valence-electron chi connectivity index (χ1n) is 14.8. The standard InChI is InChI=1S/C34H42O9/c1-39-12-6-10-28-31(33(38)25-18-29(41-3)21(8-5-11-35)16-30(25)43-28)27-19-42-34-22(13-20-7-4-9-23(36)14-20)15-24(40-2)17-26(34)32(27)37/h4,7,9,14-18,27-28,31-33,35-38H,5-6,8,10-13,19H2,1-3H3. The molecule has 4 N–H and O–H groups in total. The topological polar surface area (TPSA) is 127 Å². The molecule has 2 aliphatic rings. The van der Waals surface area contributed by atoms with Crippen LogP contribution in [0.5, 0.6) is 28.7 Å². The van der Waals surface area contributed by atoms with Crippen molar-refractivity contribution < 1.29 is 44.1 Å². The normalized spacial score (nSPS) is 22.6. The number of aliphatic hydroxyl groups excluding tert-OH is 3. The Morgan fingerprint density at radius 1 is 0.907 bits per heavy atom. The summed E-state index contributed by atoms with van der Waals surface area (Å²) in [4.78, 5) is 0. The van der Waals surface area contributed by atoms with Crippen molar-refractivity contribution in [2.24, 2.45) is 11.8 Å². The van der Waals surface area contributed by atoms with E-state index in [0.29, 0.717) is 66.4 Å². The van der Waals surface area contributed by atoms with Gasteiger partial charge in [0.1, 0.15) is 34.9 Å². The van der Waals surface area contributed by atoms with Crippen molar-refractivity contribution in [2.75, 3.05) is 41.2 Å². The minimum absolute atomic E-state index is 0.0623. The van der Waals surface area contributed by atoms with Crippen molar-refractivity contribution in [3.05, 3.63) is 76.3 Å². The summed E-state index contributed by atoms with van der Waals surface area (Å²) in [7, 11) is 4.82. The van der Waals surface area contributed by atoms with Gasteiger partial charge in [-0.1, -0.05) is 12.1 Å². The lowest BCUT2D eigenvalue weighted by atomic mass is 9.72. The maximum Gasteiger partial charge on any atom is 0.128 e. The zero-order valence-corrected chi connectivity index (χ0v) is 25.0. The molecule has 2 heterocycles. The predicted octanol–water partition coefficient (Wildman–Crippen LogP) is 4.50. The van der Waals surface area contributed by atoms with Gasteiger partial charge < -0.3 is 44.1 Å². The molecule has 2 aliphatic heterocycles. The molecule has 5 atom stereocenters. The molecular formula is C34H42O9. The number of benzene rings is 3. The first-order chi connectivity index (χ1) is 20.9. The van der Waals surface area contributed by atoms with Crippen molar-refractivity contribution in [1.82, 2.24) is 0 Å². The lowest BCUT2D eigenvalue weighted by Crippen LogP contribution is -2.46. The van der Waals surface area contributed by atoms with Crippen molar-refractivity contribution >= 4 is 0 Å². The van der Waals surface area contributed by atoms with Gasteiger partial charge in [-0.3, -0.25) is 0 Å². The van der Waals surface area contributed by atoms with Crippen molar-refractivity contribution in [3.8, 4) is 28.7 Å². The lowest BCUT2D eigenvalue weighted by molar-refractivity contribution is -0.0889. The van der Waals surface area contributed by atoms with E-state index < -0.39 is 30.1 Å². The molecule has 0 saturated heterocycles. The van der Waals surface area contributed by atoms with Crippen molar-refractivity contribution in [3.63, 3.8) is 0 Å². The molecule has 5 rings (SSSR count). The van der Waals surface area contributed by atoms with Crippen LogP contribution in [0, 0.1) is 11.8 Å². The number of ether oxygens (including phenoxy) is 5. The van der Waals surface area contributed by atoms with E-state index in [1.54, 1.807) is 45.6 Å². The van der Waals surface area contributed by atoms with Gasteiger partial charge in [-0.15, -0.1) is 0 Å². The Balaban J connectivity index is 1.50. The van der Waals surface area contributed by atoms with E-state index in [1.807, 2.05) is 24.3 Å². The van der Waals surface area contributed by atoms with E-state index >= 15 is 0 Å². The van der Waals surface area contributed by atoms with Crippen LogP contribution >= 0.6 is 0 Å². The molecular weight excluding hydrogens is 552 g/mol. The van der Waals surface area contributed by atoms with Crippen LogP contribution in [0.15, 0.2) is 48.5 Å². The van der Waals surface area contributed by atoms with Crippen LogP contribution in [-0.4, -0.2) is 67.7 Å². The third kappa shape index (κ3) is 6.55. The predicted molar refractivity (Wildman–Crippen MR) is 160 cm³/mol.